The number of hydrogen-bond donors (Lipinski definition) is 2. The zero-order valence-electron chi connectivity index (χ0n) is 31.1. The number of carbonyl (C=O) groups excluding carboxylic acids is 5. The number of rotatable bonds is 14. The molecule has 1 saturated heterocycles. The number of imide groups is 1. The van der Waals surface area contributed by atoms with E-state index in [1.54, 1.807) is 24.3 Å². The van der Waals surface area contributed by atoms with E-state index in [-0.39, 0.29) is 51.6 Å². The lowest BCUT2D eigenvalue weighted by atomic mass is 9.83. The summed E-state index contributed by atoms with van der Waals surface area (Å²) >= 11 is 0. The summed E-state index contributed by atoms with van der Waals surface area (Å²) in [4.78, 5) is 71.3. The lowest BCUT2D eigenvalue weighted by Gasteiger charge is -2.44. The molecule has 0 spiro atoms. The van der Waals surface area contributed by atoms with Crippen molar-refractivity contribution in [1.82, 2.24) is 15.5 Å². The van der Waals surface area contributed by atoms with Crippen LogP contribution in [0, 0.1) is 5.92 Å². The minimum absolute atomic E-state index is 0.0157. The minimum atomic E-state index is -1.13. The molecule has 0 radical (unpaired) electrons. The number of ether oxygens (including phenoxy) is 3. The Morgan fingerprint density at radius 3 is 1.53 bits per heavy atom. The number of amides is 4. The molecule has 4 amide bonds. The van der Waals surface area contributed by atoms with Gasteiger partial charge in [0, 0.05) is 6.54 Å². The Morgan fingerprint density at radius 1 is 0.561 bits per heavy atom. The molecule has 5 aromatic carbocycles. The van der Waals surface area contributed by atoms with Gasteiger partial charge < -0.3 is 14.2 Å². The molecule has 2 N–H and O–H groups in total. The van der Waals surface area contributed by atoms with Crippen LogP contribution in [0.4, 0.5) is 9.59 Å². The lowest BCUT2D eigenvalue weighted by Crippen LogP contribution is -2.66. The number of esters is 1. The monoisotopic (exact) mass is 766 g/mol. The van der Waals surface area contributed by atoms with Crippen molar-refractivity contribution in [2.24, 2.45) is 10.9 Å². The van der Waals surface area contributed by atoms with E-state index in [9.17, 15) is 24.0 Å². The molecule has 290 valence electrons. The highest BCUT2D eigenvalue weighted by Crippen LogP contribution is 2.33. The van der Waals surface area contributed by atoms with E-state index in [0.717, 1.165) is 32.7 Å². The molecule has 5 aromatic rings. The van der Waals surface area contributed by atoms with Gasteiger partial charge in [0.1, 0.15) is 25.9 Å². The third-order valence-electron chi connectivity index (χ3n) is 9.17. The Kier molecular flexibility index (Phi) is 13.9. The molecule has 12 heteroatoms. The molecule has 12 nitrogen and oxygen atoms in total. The quantitative estimate of drug-likeness (QED) is 0.0307. The fourth-order valence-electron chi connectivity index (χ4n) is 6.22. The zero-order chi connectivity index (χ0) is 39.8. The van der Waals surface area contributed by atoms with Crippen LogP contribution in [0.3, 0.4) is 0 Å². The van der Waals surface area contributed by atoms with Crippen LogP contribution in [0.1, 0.15) is 35.1 Å². The third-order valence-corrected chi connectivity index (χ3v) is 9.17. The smallest absolute Gasteiger partial charge is 0.414 e. The molecule has 0 saturated carbocycles. The van der Waals surface area contributed by atoms with E-state index in [1.807, 2.05) is 121 Å². The summed E-state index contributed by atoms with van der Waals surface area (Å²) in [6.07, 6.45) is -1.37. The molecular formula is C45H42N4O8. The largest absolute Gasteiger partial charge is 0.459 e. The molecular weight excluding hydrogens is 725 g/mol. The van der Waals surface area contributed by atoms with E-state index in [1.165, 1.54) is 0 Å². The molecule has 1 heterocycles. The van der Waals surface area contributed by atoms with Gasteiger partial charge in [-0.05, 0) is 46.2 Å². The van der Waals surface area contributed by atoms with Crippen molar-refractivity contribution in [3.63, 3.8) is 0 Å². The molecule has 0 bridgehead atoms. The van der Waals surface area contributed by atoms with Gasteiger partial charge >= 0.3 is 18.2 Å². The Bertz CT molecular complexity index is 2090. The summed E-state index contributed by atoms with van der Waals surface area (Å²) in [7, 11) is 0. The molecule has 2 atom stereocenters. The average Bonchev–Trinajstić information content (AvgIpc) is 3.24. The Balaban J connectivity index is 1.09. The van der Waals surface area contributed by atoms with E-state index >= 15 is 0 Å². The molecule has 6 rings (SSSR count). The predicted octanol–water partition coefficient (Wildman–Crippen LogP) is 6.98. The summed E-state index contributed by atoms with van der Waals surface area (Å²) in [5.41, 5.74) is 4.99. The molecule has 57 heavy (non-hydrogen) atoms. The van der Waals surface area contributed by atoms with Gasteiger partial charge in [0.25, 0.3) is 0 Å². The van der Waals surface area contributed by atoms with Crippen molar-refractivity contribution in [2.45, 2.75) is 45.1 Å². The lowest BCUT2D eigenvalue weighted by molar-refractivity contribution is -0.180. The highest BCUT2D eigenvalue weighted by Gasteiger charge is 2.54. The van der Waals surface area contributed by atoms with Crippen molar-refractivity contribution < 1.29 is 38.2 Å². The van der Waals surface area contributed by atoms with Crippen LogP contribution in [0.5, 0.6) is 0 Å². The Morgan fingerprint density at radius 2 is 1.02 bits per heavy atom. The highest BCUT2D eigenvalue weighted by atomic mass is 16.6. The van der Waals surface area contributed by atoms with Crippen LogP contribution in [0.15, 0.2) is 151 Å². The number of β-lactam (4-membered cyclic amide) rings is 1. The number of alkyl carbamates (subject to hydrolysis) is 2. The fraction of sp³-hybridized carbons (Fsp3) is 0.200. The minimum Gasteiger partial charge on any atom is -0.459 e. The Labute approximate surface area is 330 Å². The van der Waals surface area contributed by atoms with Crippen LogP contribution in [0.2, 0.25) is 0 Å². The molecule has 0 aliphatic carbocycles. The van der Waals surface area contributed by atoms with Crippen molar-refractivity contribution in [2.75, 3.05) is 6.54 Å². The van der Waals surface area contributed by atoms with Crippen molar-refractivity contribution in [1.29, 1.82) is 0 Å². The maximum Gasteiger partial charge on any atom is 0.414 e. The number of benzene rings is 5. The van der Waals surface area contributed by atoms with Crippen LogP contribution in [-0.4, -0.2) is 53.4 Å². The summed E-state index contributed by atoms with van der Waals surface area (Å²) in [6.45, 7) is -0.0211. The number of guanidine groups is 1. The second-order valence-electron chi connectivity index (χ2n) is 13.2. The summed E-state index contributed by atoms with van der Waals surface area (Å²) < 4.78 is 16.2. The number of hydrogen-bond acceptors (Lipinski definition) is 9. The second-order valence-corrected chi connectivity index (χ2v) is 13.2. The first kappa shape index (κ1) is 39.6. The maximum absolute atomic E-state index is 13.6. The van der Waals surface area contributed by atoms with E-state index in [4.69, 9.17) is 14.2 Å². The zero-order valence-corrected chi connectivity index (χ0v) is 31.1. The van der Waals surface area contributed by atoms with Gasteiger partial charge in [-0.15, -0.1) is 0 Å². The standard InChI is InChI=1S/C45H42N4O8/c50-39(28-32-23-25-37(26-24-32)36-20-11-4-12-21-36)49-40(42(52)55-29-33-14-5-1-6-15-33)38(41(49)51)22-13-27-46-43(47-44(53)56-30-34-16-7-2-8-17-34)48-45(54)57-31-35-18-9-3-10-19-35/h1-12,14-21,23-26,38,40H,13,22,27-31H2,(H2,46,47,48,53,54)/t38-,40?/m1/s1. The van der Waals surface area contributed by atoms with Gasteiger partial charge in [-0.3, -0.25) is 30.1 Å². The van der Waals surface area contributed by atoms with Crippen LogP contribution in [-0.2, 0) is 54.8 Å². The number of carbonyl (C=O) groups is 5. The Hall–Kier alpha value is -7.08. The predicted molar refractivity (Wildman–Crippen MR) is 212 cm³/mol. The third kappa shape index (κ3) is 11.5. The first-order chi connectivity index (χ1) is 27.8. The van der Waals surface area contributed by atoms with E-state index in [2.05, 4.69) is 15.6 Å². The van der Waals surface area contributed by atoms with Gasteiger partial charge in [-0.2, -0.15) is 0 Å². The number of nitrogens with zero attached hydrogens (tertiary/aromatic N) is 2. The fourth-order valence-corrected chi connectivity index (χ4v) is 6.22. The van der Waals surface area contributed by atoms with Crippen molar-refractivity contribution in [3.8, 4) is 11.1 Å². The van der Waals surface area contributed by atoms with Gasteiger partial charge in [-0.25, -0.2) is 14.4 Å². The molecule has 1 aliphatic heterocycles. The maximum atomic E-state index is 13.6. The van der Waals surface area contributed by atoms with Gasteiger partial charge in [0.15, 0.2) is 0 Å². The number of likely N-dealkylation sites (tertiary alicyclic amines) is 1. The normalized spacial score (nSPS) is 14.4. The summed E-state index contributed by atoms with van der Waals surface area (Å²) in [5.74, 6) is -2.76. The first-order valence-corrected chi connectivity index (χ1v) is 18.5. The highest BCUT2D eigenvalue weighted by molar-refractivity contribution is 6.08. The van der Waals surface area contributed by atoms with Crippen LogP contribution < -0.4 is 10.6 Å². The van der Waals surface area contributed by atoms with Gasteiger partial charge in [0.05, 0.1) is 12.3 Å². The SMILES string of the molecule is O=C(NC(=NCCC[C@H]1C(=O)N(C(=O)Cc2ccc(-c3ccccc3)cc2)C1C(=O)OCc1ccccc1)NC(=O)OCc1ccccc1)OCc1ccccc1. The van der Waals surface area contributed by atoms with Crippen LogP contribution in [0.25, 0.3) is 11.1 Å². The number of aliphatic imine (C=N–C) groups is 1. The molecule has 1 unspecified atom stereocenters. The topological polar surface area (TPSA) is 153 Å². The van der Waals surface area contributed by atoms with Gasteiger partial charge in [-0.1, -0.05) is 146 Å². The second kappa shape index (κ2) is 20.0. The molecule has 1 fully saturated rings. The molecule has 1 aliphatic rings. The van der Waals surface area contributed by atoms with Crippen LogP contribution >= 0.6 is 0 Å². The average molecular weight is 767 g/mol. The summed E-state index contributed by atoms with van der Waals surface area (Å²) in [6, 6.07) is 43.4. The molecule has 0 aromatic heterocycles. The van der Waals surface area contributed by atoms with Crippen molar-refractivity contribution >= 4 is 35.9 Å². The first-order valence-electron chi connectivity index (χ1n) is 18.5. The van der Waals surface area contributed by atoms with E-state index < -0.39 is 41.9 Å². The van der Waals surface area contributed by atoms with E-state index in [0.29, 0.717) is 5.56 Å². The number of nitrogens with one attached hydrogen (secondary N) is 2. The van der Waals surface area contributed by atoms with Gasteiger partial charge in [0.2, 0.25) is 17.8 Å². The summed E-state index contributed by atoms with van der Waals surface area (Å²) in [5, 5.41) is 4.88. The van der Waals surface area contributed by atoms with Crippen molar-refractivity contribution in [3.05, 3.63) is 168 Å².